The van der Waals surface area contributed by atoms with Crippen LogP contribution in [-0.2, 0) is 6.42 Å². The van der Waals surface area contributed by atoms with E-state index >= 15 is 0 Å². The number of nitrogens with one attached hydrogen (secondary N) is 1. The van der Waals surface area contributed by atoms with Gasteiger partial charge in [0.25, 0.3) is 0 Å². The maximum absolute atomic E-state index is 3.95. The average Bonchev–Trinajstić information content (AvgIpc) is 2.40. The van der Waals surface area contributed by atoms with Gasteiger partial charge < -0.3 is 5.32 Å². The molecule has 2 aliphatic rings. The van der Waals surface area contributed by atoms with Crippen molar-refractivity contribution in [2.24, 2.45) is 0 Å². The third kappa shape index (κ3) is 2.12. The molecule has 0 saturated heterocycles. The number of fused-ring (bicyclic) bond motifs is 1. The minimum absolute atomic E-state index is 0.375. The molecule has 1 atom stereocenters. The van der Waals surface area contributed by atoms with Gasteiger partial charge >= 0.3 is 0 Å². The van der Waals surface area contributed by atoms with Crippen LogP contribution in [0.25, 0.3) is 0 Å². The van der Waals surface area contributed by atoms with Gasteiger partial charge in [-0.3, -0.25) is 0 Å². The van der Waals surface area contributed by atoms with E-state index in [0.29, 0.717) is 11.6 Å². The Morgan fingerprint density at radius 1 is 1.22 bits per heavy atom. The first-order chi connectivity index (χ1) is 8.83. The van der Waals surface area contributed by atoms with Gasteiger partial charge in [-0.2, -0.15) is 0 Å². The summed E-state index contributed by atoms with van der Waals surface area (Å²) < 4.78 is 0. The molecule has 1 aliphatic carbocycles. The predicted octanol–water partition coefficient (Wildman–Crippen LogP) is 4.15. The molecule has 1 heterocycles. The summed E-state index contributed by atoms with van der Waals surface area (Å²) in [6.07, 6.45) is 11.2. The van der Waals surface area contributed by atoms with Crippen LogP contribution >= 0.6 is 0 Å². The zero-order valence-electron chi connectivity index (χ0n) is 11.1. The molecule has 1 aromatic carbocycles. The fraction of sp³-hybridized carbons (Fsp3) is 0.529. The lowest BCUT2D eigenvalue weighted by Gasteiger charge is -2.46. The maximum atomic E-state index is 3.95. The lowest BCUT2D eigenvalue weighted by Crippen LogP contribution is -2.53. The zero-order chi connectivity index (χ0) is 12.4. The topological polar surface area (TPSA) is 12.0 Å². The Bertz CT molecular complexity index is 429. The van der Waals surface area contributed by atoms with Crippen LogP contribution in [0.15, 0.2) is 36.9 Å². The van der Waals surface area contributed by atoms with E-state index in [9.17, 15) is 0 Å². The summed E-state index contributed by atoms with van der Waals surface area (Å²) in [5.74, 6) is 0. The van der Waals surface area contributed by atoms with Crippen LogP contribution in [0.5, 0.6) is 0 Å². The van der Waals surface area contributed by atoms with Crippen LogP contribution in [0.2, 0.25) is 0 Å². The Morgan fingerprint density at radius 2 is 2.00 bits per heavy atom. The Kier molecular flexibility index (Phi) is 3.25. The molecule has 96 valence electrons. The Hall–Kier alpha value is -1.08. The van der Waals surface area contributed by atoms with Crippen LogP contribution in [0.4, 0.5) is 0 Å². The molecule has 1 aliphatic heterocycles. The lowest BCUT2D eigenvalue weighted by molar-refractivity contribution is 0.191. The molecule has 3 rings (SSSR count). The van der Waals surface area contributed by atoms with Crippen molar-refractivity contribution in [2.75, 3.05) is 0 Å². The van der Waals surface area contributed by atoms with Crippen molar-refractivity contribution >= 4 is 0 Å². The highest BCUT2D eigenvalue weighted by atomic mass is 15.0. The molecule has 1 unspecified atom stereocenters. The van der Waals surface area contributed by atoms with Crippen molar-refractivity contribution < 1.29 is 0 Å². The van der Waals surface area contributed by atoms with Crippen LogP contribution in [0.3, 0.4) is 0 Å². The standard InChI is InChI=1S/C17H23N/c1-2-8-16-15-10-5-4-9-14(15)13-17(18-16)11-6-3-7-12-17/h2,4-5,9-10,16,18H,1,3,6-8,11-13H2. The lowest BCUT2D eigenvalue weighted by atomic mass is 9.72. The normalized spacial score (nSPS) is 25.7. The summed E-state index contributed by atoms with van der Waals surface area (Å²) in [6.45, 7) is 3.92. The van der Waals surface area contributed by atoms with E-state index in [1.807, 2.05) is 0 Å². The van der Waals surface area contributed by atoms with Gasteiger partial charge in [0.1, 0.15) is 0 Å². The highest BCUT2D eigenvalue weighted by Gasteiger charge is 2.38. The van der Waals surface area contributed by atoms with Crippen molar-refractivity contribution in [1.82, 2.24) is 5.32 Å². The summed E-state index contributed by atoms with van der Waals surface area (Å²) in [4.78, 5) is 0. The van der Waals surface area contributed by atoms with Crippen molar-refractivity contribution in [3.63, 3.8) is 0 Å². The molecule has 1 N–H and O–H groups in total. The SMILES string of the molecule is C=CCC1NC2(CCCCC2)Cc2ccccc21. The van der Waals surface area contributed by atoms with Crippen LogP contribution < -0.4 is 5.32 Å². The average molecular weight is 241 g/mol. The van der Waals surface area contributed by atoms with Gasteiger partial charge in [-0.05, 0) is 36.8 Å². The molecule has 1 saturated carbocycles. The van der Waals surface area contributed by atoms with Crippen molar-refractivity contribution in [1.29, 1.82) is 0 Å². The molecule has 1 aromatic rings. The van der Waals surface area contributed by atoms with E-state index in [2.05, 4.69) is 42.2 Å². The molecule has 1 spiro atoms. The first-order valence-corrected chi connectivity index (χ1v) is 7.29. The van der Waals surface area contributed by atoms with E-state index in [-0.39, 0.29) is 0 Å². The van der Waals surface area contributed by atoms with Gasteiger partial charge in [0.15, 0.2) is 0 Å². The first kappa shape index (κ1) is 12.0. The number of hydrogen-bond acceptors (Lipinski definition) is 1. The maximum Gasteiger partial charge on any atom is 0.0362 e. The second kappa shape index (κ2) is 4.89. The predicted molar refractivity (Wildman–Crippen MR) is 76.7 cm³/mol. The summed E-state index contributed by atoms with van der Waals surface area (Å²) in [7, 11) is 0. The minimum Gasteiger partial charge on any atom is -0.304 e. The van der Waals surface area contributed by atoms with Gasteiger partial charge in [-0.15, -0.1) is 6.58 Å². The Balaban J connectivity index is 1.93. The number of hydrogen-bond donors (Lipinski definition) is 1. The quantitative estimate of drug-likeness (QED) is 0.767. The number of benzene rings is 1. The van der Waals surface area contributed by atoms with E-state index < -0.39 is 0 Å². The van der Waals surface area contributed by atoms with Gasteiger partial charge in [0.05, 0.1) is 0 Å². The second-order valence-electron chi connectivity index (χ2n) is 5.94. The van der Waals surface area contributed by atoms with E-state index in [1.54, 1.807) is 5.56 Å². The molecule has 1 fully saturated rings. The number of rotatable bonds is 2. The molecule has 0 bridgehead atoms. The smallest absolute Gasteiger partial charge is 0.0362 e. The molecule has 1 nitrogen and oxygen atoms in total. The van der Waals surface area contributed by atoms with Crippen LogP contribution in [-0.4, -0.2) is 5.54 Å². The van der Waals surface area contributed by atoms with Gasteiger partial charge in [0, 0.05) is 11.6 Å². The Morgan fingerprint density at radius 3 is 2.78 bits per heavy atom. The molecular formula is C17H23N. The van der Waals surface area contributed by atoms with Crippen molar-refractivity contribution in [2.45, 2.75) is 56.5 Å². The van der Waals surface area contributed by atoms with Gasteiger partial charge in [0.2, 0.25) is 0 Å². The van der Waals surface area contributed by atoms with Crippen molar-refractivity contribution in [3.8, 4) is 0 Å². The van der Waals surface area contributed by atoms with Crippen LogP contribution in [0, 0.1) is 0 Å². The monoisotopic (exact) mass is 241 g/mol. The van der Waals surface area contributed by atoms with Crippen LogP contribution in [0.1, 0.15) is 55.7 Å². The summed E-state index contributed by atoms with van der Waals surface area (Å²) in [5.41, 5.74) is 3.43. The molecule has 18 heavy (non-hydrogen) atoms. The zero-order valence-corrected chi connectivity index (χ0v) is 11.1. The molecule has 1 heteroatoms. The third-order valence-electron chi connectivity index (χ3n) is 4.65. The van der Waals surface area contributed by atoms with E-state index in [1.165, 1.54) is 44.1 Å². The summed E-state index contributed by atoms with van der Waals surface area (Å²) in [6, 6.07) is 9.43. The molecule has 0 aromatic heterocycles. The summed E-state index contributed by atoms with van der Waals surface area (Å²) >= 11 is 0. The molecule has 0 radical (unpaired) electrons. The second-order valence-corrected chi connectivity index (χ2v) is 5.94. The highest BCUT2D eigenvalue weighted by molar-refractivity contribution is 5.35. The molecular weight excluding hydrogens is 218 g/mol. The fourth-order valence-electron chi connectivity index (χ4n) is 3.80. The molecule has 0 amide bonds. The van der Waals surface area contributed by atoms with Gasteiger partial charge in [-0.25, -0.2) is 0 Å². The van der Waals surface area contributed by atoms with Crippen molar-refractivity contribution in [3.05, 3.63) is 48.0 Å². The Labute approximate surface area is 110 Å². The summed E-state index contributed by atoms with van der Waals surface area (Å²) in [5, 5.41) is 3.95. The fourth-order valence-corrected chi connectivity index (χ4v) is 3.80. The van der Waals surface area contributed by atoms with E-state index in [4.69, 9.17) is 0 Å². The third-order valence-corrected chi connectivity index (χ3v) is 4.65. The highest BCUT2D eigenvalue weighted by Crippen LogP contribution is 2.39. The first-order valence-electron chi connectivity index (χ1n) is 7.29. The van der Waals surface area contributed by atoms with Gasteiger partial charge in [-0.1, -0.05) is 49.6 Å². The van der Waals surface area contributed by atoms with E-state index in [0.717, 1.165) is 6.42 Å². The largest absolute Gasteiger partial charge is 0.304 e. The minimum atomic E-state index is 0.375.